The Morgan fingerprint density at radius 1 is 0.968 bits per heavy atom. The number of benzene rings is 2. The first-order valence-electron chi connectivity index (χ1n) is 9.95. The predicted octanol–water partition coefficient (Wildman–Crippen LogP) is 5.41. The van der Waals surface area contributed by atoms with E-state index in [1.54, 1.807) is 12.3 Å². The predicted molar refractivity (Wildman–Crippen MR) is 132 cm³/mol. The number of hydrogen-bond acceptors (Lipinski definition) is 3. The molecule has 0 unspecified atom stereocenters. The largest absolute Gasteiger partial charge is 0.346 e. The van der Waals surface area contributed by atoms with Crippen LogP contribution in [0.15, 0.2) is 54.9 Å². The fourth-order valence-corrected chi connectivity index (χ4v) is 4.53. The van der Waals surface area contributed by atoms with Crippen LogP contribution in [0.4, 0.5) is 5.69 Å². The molecule has 1 fully saturated rings. The van der Waals surface area contributed by atoms with Gasteiger partial charge in [-0.3, -0.25) is 9.58 Å². The highest BCUT2D eigenvalue weighted by Gasteiger charge is 2.19. The van der Waals surface area contributed by atoms with Gasteiger partial charge in [0.1, 0.15) is 0 Å². The lowest BCUT2D eigenvalue weighted by atomic mass is 10.2. The van der Waals surface area contributed by atoms with Crippen LogP contribution in [0.1, 0.15) is 11.1 Å². The van der Waals surface area contributed by atoms with E-state index in [4.69, 9.17) is 47.0 Å². The van der Waals surface area contributed by atoms with Crippen molar-refractivity contribution in [1.82, 2.24) is 19.6 Å². The molecule has 0 saturated carbocycles. The number of aromatic nitrogens is 2. The van der Waals surface area contributed by atoms with Crippen molar-refractivity contribution in [2.45, 2.75) is 13.1 Å². The Labute approximate surface area is 202 Å². The fraction of sp³-hybridized carbons (Fsp3) is 0.273. The Kier molecular flexibility index (Phi) is 7.35. The summed E-state index contributed by atoms with van der Waals surface area (Å²) in [5.74, 6) is 0. The van der Waals surface area contributed by atoms with Gasteiger partial charge in [0.05, 0.1) is 18.4 Å². The van der Waals surface area contributed by atoms with E-state index in [1.165, 1.54) is 5.56 Å². The highest BCUT2D eigenvalue weighted by molar-refractivity contribution is 7.80. The molecular formula is C22H22Cl3N5S. The Hall–Kier alpha value is -1.83. The quantitative estimate of drug-likeness (QED) is 0.480. The summed E-state index contributed by atoms with van der Waals surface area (Å²) < 4.78 is 1.82. The second kappa shape index (κ2) is 10.2. The molecule has 2 heterocycles. The van der Waals surface area contributed by atoms with Crippen molar-refractivity contribution >= 4 is 57.8 Å². The van der Waals surface area contributed by atoms with E-state index in [-0.39, 0.29) is 0 Å². The highest BCUT2D eigenvalue weighted by atomic mass is 35.5. The normalized spacial score (nSPS) is 14.6. The van der Waals surface area contributed by atoms with Gasteiger partial charge in [-0.15, -0.1) is 0 Å². The average Bonchev–Trinajstić information content (AvgIpc) is 3.17. The zero-order chi connectivity index (χ0) is 21.8. The number of anilines is 1. The average molecular weight is 495 g/mol. The number of nitrogens with zero attached hydrogens (tertiary/aromatic N) is 4. The molecule has 1 saturated heterocycles. The monoisotopic (exact) mass is 493 g/mol. The van der Waals surface area contributed by atoms with Gasteiger partial charge in [0.2, 0.25) is 0 Å². The molecule has 3 aromatic rings. The van der Waals surface area contributed by atoms with E-state index >= 15 is 0 Å². The molecule has 0 amide bonds. The van der Waals surface area contributed by atoms with Crippen molar-refractivity contribution in [2.75, 3.05) is 31.5 Å². The third-order valence-electron chi connectivity index (χ3n) is 5.19. The van der Waals surface area contributed by atoms with Crippen molar-refractivity contribution in [3.05, 3.63) is 81.1 Å². The van der Waals surface area contributed by atoms with Crippen LogP contribution in [-0.4, -0.2) is 50.9 Å². The minimum absolute atomic E-state index is 0.562. The summed E-state index contributed by atoms with van der Waals surface area (Å²) in [6.45, 7) is 5.11. The van der Waals surface area contributed by atoms with Gasteiger partial charge in [-0.1, -0.05) is 53.0 Å². The van der Waals surface area contributed by atoms with Gasteiger partial charge in [0.25, 0.3) is 0 Å². The van der Waals surface area contributed by atoms with E-state index in [2.05, 4.69) is 26.3 Å². The first kappa shape index (κ1) is 22.4. The van der Waals surface area contributed by atoms with Gasteiger partial charge in [-0.05, 0) is 47.6 Å². The third kappa shape index (κ3) is 6.11. The number of piperazine rings is 1. The summed E-state index contributed by atoms with van der Waals surface area (Å²) >= 11 is 23.9. The molecule has 31 heavy (non-hydrogen) atoms. The van der Waals surface area contributed by atoms with Crippen molar-refractivity contribution in [3.63, 3.8) is 0 Å². The molecule has 4 rings (SSSR count). The fourth-order valence-electron chi connectivity index (χ4n) is 3.54. The molecule has 0 aliphatic carbocycles. The highest BCUT2D eigenvalue weighted by Crippen LogP contribution is 2.22. The van der Waals surface area contributed by atoms with E-state index in [0.717, 1.165) is 49.0 Å². The zero-order valence-electron chi connectivity index (χ0n) is 16.8. The van der Waals surface area contributed by atoms with Crippen LogP contribution < -0.4 is 5.32 Å². The Morgan fingerprint density at radius 2 is 1.74 bits per heavy atom. The van der Waals surface area contributed by atoms with Gasteiger partial charge < -0.3 is 10.2 Å². The standard InChI is InChI=1S/C22H22Cl3N5S/c23-18-3-1-2-16(10-18)13-28-6-8-29(9-7-28)22(31)27-20-12-26-30(15-20)14-17-4-5-19(24)11-21(17)25/h1-5,10-12,15H,6-9,13-14H2,(H,27,31). The lowest BCUT2D eigenvalue weighted by Crippen LogP contribution is -2.49. The molecule has 9 heteroatoms. The summed E-state index contributed by atoms with van der Waals surface area (Å²) in [6.07, 6.45) is 3.69. The van der Waals surface area contributed by atoms with Crippen LogP contribution in [0.5, 0.6) is 0 Å². The van der Waals surface area contributed by atoms with Crippen molar-refractivity contribution in [1.29, 1.82) is 0 Å². The summed E-state index contributed by atoms with van der Waals surface area (Å²) in [5.41, 5.74) is 3.05. The Balaban J connectivity index is 1.27. The summed E-state index contributed by atoms with van der Waals surface area (Å²) in [5, 5.41) is 10.4. The molecule has 1 aromatic heterocycles. The Bertz CT molecular complexity index is 1060. The van der Waals surface area contributed by atoms with Crippen LogP contribution >= 0.6 is 47.0 Å². The van der Waals surface area contributed by atoms with Gasteiger partial charge in [0.15, 0.2) is 5.11 Å². The summed E-state index contributed by atoms with van der Waals surface area (Å²) in [7, 11) is 0. The first-order valence-corrected chi connectivity index (χ1v) is 11.5. The van der Waals surface area contributed by atoms with Crippen LogP contribution in [0.25, 0.3) is 0 Å². The molecule has 1 aliphatic heterocycles. The molecule has 0 bridgehead atoms. The van der Waals surface area contributed by atoms with Gasteiger partial charge >= 0.3 is 0 Å². The van der Waals surface area contributed by atoms with Crippen molar-refractivity contribution < 1.29 is 0 Å². The molecule has 162 valence electrons. The molecule has 0 radical (unpaired) electrons. The minimum atomic E-state index is 0.562. The first-order chi connectivity index (χ1) is 15.0. The van der Waals surface area contributed by atoms with Crippen molar-refractivity contribution in [3.8, 4) is 0 Å². The van der Waals surface area contributed by atoms with E-state index in [0.29, 0.717) is 21.7 Å². The maximum absolute atomic E-state index is 6.26. The smallest absolute Gasteiger partial charge is 0.173 e. The molecule has 2 aromatic carbocycles. The van der Waals surface area contributed by atoms with E-state index < -0.39 is 0 Å². The number of thiocarbonyl (C=S) groups is 1. The number of rotatable bonds is 5. The lowest BCUT2D eigenvalue weighted by Gasteiger charge is -2.36. The second-order valence-corrected chi connectivity index (χ2v) is 9.15. The minimum Gasteiger partial charge on any atom is -0.346 e. The van der Waals surface area contributed by atoms with Crippen LogP contribution in [-0.2, 0) is 13.1 Å². The molecular weight excluding hydrogens is 473 g/mol. The summed E-state index contributed by atoms with van der Waals surface area (Å²) in [4.78, 5) is 4.61. The van der Waals surface area contributed by atoms with E-state index in [9.17, 15) is 0 Å². The number of hydrogen-bond donors (Lipinski definition) is 1. The third-order valence-corrected chi connectivity index (χ3v) is 6.37. The maximum Gasteiger partial charge on any atom is 0.173 e. The molecule has 1 aliphatic rings. The second-order valence-electron chi connectivity index (χ2n) is 7.49. The van der Waals surface area contributed by atoms with Crippen LogP contribution in [0.3, 0.4) is 0 Å². The zero-order valence-corrected chi connectivity index (χ0v) is 19.9. The van der Waals surface area contributed by atoms with Crippen LogP contribution in [0, 0.1) is 0 Å². The van der Waals surface area contributed by atoms with Gasteiger partial charge in [-0.2, -0.15) is 5.10 Å². The summed E-state index contributed by atoms with van der Waals surface area (Å²) in [6, 6.07) is 13.5. The molecule has 0 atom stereocenters. The van der Waals surface area contributed by atoms with E-state index in [1.807, 2.05) is 41.2 Å². The Morgan fingerprint density at radius 3 is 2.48 bits per heavy atom. The van der Waals surface area contributed by atoms with Crippen molar-refractivity contribution in [2.24, 2.45) is 0 Å². The topological polar surface area (TPSA) is 36.3 Å². The molecule has 0 spiro atoms. The lowest BCUT2D eigenvalue weighted by molar-refractivity contribution is 0.177. The van der Waals surface area contributed by atoms with Crippen LogP contribution in [0.2, 0.25) is 15.1 Å². The molecule has 5 nitrogen and oxygen atoms in total. The number of halogens is 3. The number of nitrogens with one attached hydrogen (secondary N) is 1. The molecule has 1 N–H and O–H groups in total. The van der Waals surface area contributed by atoms with Gasteiger partial charge in [-0.25, -0.2) is 0 Å². The SMILES string of the molecule is S=C(Nc1cnn(Cc2ccc(Cl)cc2Cl)c1)N1CCN(Cc2cccc(Cl)c2)CC1. The maximum atomic E-state index is 6.26. The van der Waals surface area contributed by atoms with Gasteiger partial charge in [0, 0.05) is 54.0 Å².